The van der Waals surface area contributed by atoms with Gasteiger partial charge >= 0.3 is 0 Å². The van der Waals surface area contributed by atoms with Crippen molar-refractivity contribution >= 4 is 0 Å². The molecule has 0 radical (unpaired) electrons. The van der Waals surface area contributed by atoms with Gasteiger partial charge in [-0.25, -0.2) is 0 Å². The molecule has 0 bridgehead atoms. The molecule has 0 aromatic rings. The molecular formula is C9H20N2. The van der Waals surface area contributed by atoms with Gasteiger partial charge in [-0.2, -0.15) is 0 Å². The fourth-order valence-corrected chi connectivity index (χ4v) is 1.80. The van der Waals surface area contributed by atoms with E-state index in [0.717, 1.165) is 12.6 Å². The van der Waals surface area contributed by atoms with E-state index in [2.05, 4.69) is 18.7 Å². The van der Waals surface area contributed by atoms with E-state index in [1.165, 1.54) is 25.8 Å². The Morgan fingerprint density at radius 2 is 2.27 bits per heavy atom. The van der Waals surface area contributed by atoms with Gasteiger partial charge in [0, 0.05) is 18.6 Å². The van der Waals surface area contributed by atoms with E-state index in [0.29, 0.717) is 6.04 Å². The second kappa shape index (κ2) is 4.07. The van der Waals surface area contributed by atoms with Crippen molar-refractivity contribution in [2.75, 3.05) is 13.1 Å². The molecule has 0 amide bonds. The zero-order chi connectivity index (χ0) is 8.27. The van der Waals surface area contributed by atoms with E-state index in [1.807, 2.05) is 0 Å². The average molecular weight is 156 g/mol. The predicted molar refractivity (Wildman–Crippen MR) is 48.5 cm³/mol. The Morgan fingerprint density at radius 3 is 2.82 bits per heavy atom. The number of likely N-dealkylation sites (tertiary alicyclic amines) is 1. The van der Waals surface area contributed by atoms with Crippen molar-refractivity contribution in [3.8, 4) is 0 Å². The summed E-state index contributed by atoms with van der Waals surface area (Å²) < 4.78 is 0. The maximum Gasteiger partial charge on any atom is 0.0139 e. The van der Waals surface area contributed by atoms with Gasteiger partial charge in [0.15, 0.2) is 0 Å². The first-order valence-corrected chi connectivity index (χ1v) is 4.70. The summed E-state index contributed by atoms with van der Waals surface area (Å²) in [5.74, 6) is 0. The summed E-state index contributed by atoms with van der Waals surface area (Å²) in [6.07, 6.45) is 4.11. The molecule has 0 aromatic heterocycles. The number of nitrogens with zero attached hydrogens (tertiary/aromatic N) is 1. The van der Waals surface area contributed by atoms with Crippen molar-refractivity contribution in [3.63, 3.8) is 0 Å². The van der Waals surface area contributed by atoms with Crippen LogP contribution >= 0.6 is 0 Å². The number of nitrogens with two attached hydrogens (primary N) is 1. The average Bonchev–Trinajstić information content (AvgIpc) is 1.93. The van der Waals surface area contributed by atoms with Gasteiger partial charge in [0.05, 0.1) is 0 Å². The Hall–Kier alpha value is -0.0800. The molecule has 0 aliphatic carbocycles. The van der Waals surface area contributed by atoms with Gasteiger partial charge < -0.3 is 5.73 Å². The minimum Gasteiger partial charge on any atom is -0.327 e. The highest BCUT2D eigenvalue weighted by molar-refractivity contribution is 4.75. The van der Waals surface area contributed by atoms with Crippen LogP contribution in [0.3, 0.4) is 0 Å². The summed E-state index contributed by atoms with van der Waals surface area (Å²) in [6, 6.07) is 1.09. The van der Waals surface area contributed by atoms with Gasteiger partial charge in [0.25, 0.3) is 0 Å². The molecule has 1 aliphatic heterocycles. The zero-order valence-corrected chi connectivity index (χ0v) is 7.71. The first-order chi connectivity index (χ1) is 5.20. The summed E-state index contributed by atoms with van der Waals surface area (Å²) >= 11 is 0. The smallest absolute Gasteiger partial charge is 0.0139 e. The second-order valence-corrected chi connectivity index (χ2v) is 3.82. The third-order valence-corrected chi connectivity index (χ3v) is 2.46. The van der Waals surface area contributed by atoms with Crippen molar-refractivity contribution in [1.29, 1.82) is 0 Å². The molecule has 1 unspecified atom stereocenters. The van der Waals surface area contributed by atoms with E-state index in [4.69, 9.17) is 5.73 Å². The summed E-state index contributed by atoms with van der Waals surface area (Å²) in [6.45, 7) is 6.72. The van der Waals surface area contributed by atoms with E-state index in [-0.39, 0.29) is 0 Å². The molecule has 0 spiro atoms. The van der Waals surface area contributed by atoms with Crippen LogP contribution in [-0.2, 0) is 0 Å². The Bertz CT molecular complexity index is 112. The lowest BCUT2D eigenvalue weighted by Crippen LogP contribution is -2.43. The lowest BCUT2D eigenvalue weighted by molar-refractivity contribution is 0.154. The monoisotopic (exact) mass is 156 g/mol. The predicted octanol–water partition coefficient (Wildman–Crippen LogP) is 1.21. The maximum absolute atomic E-state index is 5.74. The van der Waals surface area contributed by atoms with E-state index < -0.39 is 0 Å². The van der Waals surface area contributed by atoms with Crippen LogP contribution in [0.25, 0.3) is 0 Å². The molecule has 66 valence electrons. The highest BCUT2D eigenvalue weighted by Crippen LogP contribution is 2.15. The standard InChI is InChI=1S/C9H20N2/c1-8(10)7-11-6-4-3-5-9(11)2/h8-9H,3-7,10H2,1-2H3/t8-,9?/m0/s1. The highest BCUT2D eigenvalue weighted by Gasteiger charge is 2.18. The molecule has 1 aliphatic rings. The molecule has 1 heterocycles. The third-order valence-electron chi connectivity index (χ3n) is 2.46. The fraction of sp³-hybridized carbons (Fsp3) is 1.00. The molecule has 1 fully saturated rings. The quantitative estimate of drug-likeness (QED) is 0.651. The molecule has 1 rings (SSSR count). The molecule has 0 aromatic carbocycles. The van der Waals surface area contributed by atoms with Gasteiger partial charge in [-0.1, -0.05) is 6.42 Å². The lowest BCUT2D eigenvalue weighted by Gasteiger charge is -2.34. The van der Waals surface area contributed by atoms with Crippen molar-refractivity contribution < 1.29 is 0 Å². The van der Waals surface area contributed by atoms with Gasteiger partial charge in [-0.05, 0) is 33.2 Å². The zero-order valence-electron chi connectivity index (χ0n) is 7.71. The maximum atomic E-state index is 5.74. The van der Waals surface area contributed by atoms with Crippen LogP contribution < -0.4 is 5.73 Å². The Labute approximate surface area is 69.8 Å². The Kier molecular flexibility index (Phi) is 3.34. The summed E-state index contributed by atoms with van der Waals surface area (Å²) in [5, 5.41) is 0. The number of piperidine rings is 1. The fourth-order valence-electron chi connectivity index (χ4n) is 1.80. The van der Waals surface area contributed by atoms with Crippen molar-refractivity contribution in [3.05, 3.63) is 0 Å². The molecule has 2 heteroatoms. The van der Waals surface area contributed by atoms with Crippen LogP contribution in [0.1, 0.15) is 33.1 Å². The van der Waals surface area contributed by atoms with E-state index in [1.54, 1.807) is 0 Å². The van der Waals surface area contributed by atoms with Crippen LogP contribution in [-0.4, -0.2) is 30.1 Å². The van der Waals surface area contributed by atoms with Gasteiger partial charge in [0.1, 0.15) is 0 Å². The van der Waals surface area contributed by atoms with Gasteiger partial charge in [0.2, 0.25) is 0 Å². The minimum absolute atomic E-state index is 0.329. The molecule has 2 atom stereocenters. The molecule has 2 N–H and O–H groups in total. The van der Waals surface area contributed by atoms with Crippen molar-refractivity contribution in [2.45, 2.75) is 45.2 Å². The SMILES string of the molecule is CC1CCCCN1C[C@H](C)N. The van der Waals surface area contributed by atoms with E-state index >= 15 is 0 Å². The summed E-state index contributed by atoms with van der Waals surface area (Å²) in [4.78, 5) is 2.51. The Balaban J connectivity index is 2.29. The van der Waals surface area contributed by atoms with Crippen LogP contribution in [0.15, 0.2) is 0 Å². The molecule has 11 heavy (non-hydrogen) atoms. The van der Waals surface area contributed by atoms with Gasteiger partial charge in [-0.15, -0.1) is 0 Å². The molecule has 1 saturated heterocycles. The highest BCUT2D eigenvalue weighted by atomic mass is 15.2. The van der Waals surface area contributed by atoms with Crippen LogP contribution in [0.5, 0.6) is 0 Å². The van der Waals surface area contributed by atoms with Gasteiger partial charge in [-0.3, -0.25) is 4.90 Å². The van der Waals surface area contributed by atoms with Crippen molar-refractivity contribution in [2.24, 2.45) is 5.73 Å². The minimum atomic E-state index is 0.329. The normalized spacial score (nSPS) is 30.3. The number of hydrogen-bond acceptors (Lipinski definition) is 2. The molecule has 2 nitrogen and oxygen atoms in total. The Morgan fingerprint density at radius 1 is 1.55 bits per heavy atom. The summed E-state index contributed by atoms with van der Waals surface area (Å²) in [7, 11) is 0. The van der Waals surface area contributed by atoms with Crippen molar-refractivity contribution in [1.82, 2.24) is 4.90 Å². The molecule has 0 saturated carbocycles. The number of rotatable bonds is 2. The van der Waals surface area contributed by atoms with E-state index in [9.17, 15) is 0 Å². The second-order valence-electron chi connectivity index (χ2n) is 3.82. The summed E-state index contributed by atoms with van der Waals surface area (Å²) in [5.41, 5.74) is 5.74. The first kappa shape index (κ1) is 9.01. The van der Waals surface area contributed by atoms with Crippen LogP contribution in [0.2, 0.25) is 0 Å². The first-order valence-electron chi connectivity index (χ1n) is 4.70. The lowest BCUT2D eigenvalue weighted by atomic mass is 10.0. The third kappa shape index (κ3) is 2.80. The van der Waals surface area contributed by atoms with Crippen LogP contribution in [0, 0.1) is 0 Å². The molecular weight excluding hydrogens is 136 g/mol. The van der Waals surface area contributed by atoms with Crippen LogP contribution in [0.4, 0.5) is 0 Å². The number of hydrogen-bond donors (Lipinski definition) is 1. The topological polar surface area (TPSA) is 29.3 Å². The largest absolute Gasteiger partial charge is 0.327 e.